The smallest absolute Gasteiger partial charge is 0.335 e. The summed E-state index contributed by atoms with van der Waals surface area (Å²) in [6.45, 7) is 2.11. The van der Waals surface area contributed by atoms with Crippen molar-refractivity contribution in [3.8, 4) is 28.0 Å². The summed E-state index contributed by atoms with van der Waals surface area (Å²) in [5, 5.41) is 20.7. The Kier molecular flexibility index (Phi) is 5.66. The average Bonchev–Trinajstić information content (AvgIpc) is 2.86. The van der Waals surface area contributed by atoms with Gasteiger partial charge in [0.15, 0.2) is 0 Å². The third-order valence-corrected chi connectivity index (χ3v) is 5.94. The van der Waals surface area contributed by atoms with Gasteiger partial charge in [-0.1, -0.05) is 30.3 Å². The lowest BCUT2D eigenvalue weighted by Gasteiger charge is -2.10. The zero-order valence-electron chi connectivity index (χ0n) is 19.1. The second-order valence-corrected chi connectivity index (χ2v) is 8.46. The Morgan fingerprint density at radius 3 is 1.81 bits per heavy atom. The van der Waals surface area contributed by atoms with E-state index in [0.717, 1.165) is 33.0 Å². The van der Waals surface area contributed by atoms with Gasteiger partial charge in [-0.05, 0) is 83.3 Å². The second kappa shape index (κ2) is 8.96. The van der Waals surface area contributed by atoms with Gasteiger partial charge < -0.3 is 14.9 Å². The molecule has 0 fully saturated rings. The molecule has 176 valence electrons. The maximum Gasteiger partial charge on any atom is 0.335 e. The maximum absolute atomic E-state index is 11.5. The first kappa shape index (κ1) is 22.7. The van der Waals surface area contributed by atoms with Crippen LogP contribution < -0.4 is 4.74 Å². The van der Waals surface area contributed by atoms with Gasteiger partial charge in [0.25, 0.3) is 6.47 Å². The highest BCUT2D eigenvalue weighted by atomic mass is 16.5. The van der Waals surface area contributed by atoms with Gasteiger partial charge in [0.2, 0.25) is 0 Å². The molecule has 0 aliphatic carbocycles. The van der Waals surface area contributed by atoms with Crippen molar-refractivity contribution in [1.29, 1.82) is 0 Å². The van der Waals surface area contributed by atoms with E-state index in [9.17, 15) is 24.6 Å². The lowest BCUT2D eigenvalue weighted by atomic mass is 9.98. The topological polar surface area (TPSA) is 114 Å². The summed E-state index contributed by atoms with van der Waals surface area (Å²) in [5.41, 5.74) is 5.44. The summed E-state index contributed by atoms with van der Waals surface area (Å²) in [5.74, 6) is -1.98. The number of pyridine rings is 1. The third kappa shape index (κ3) is 4.37. The van der Waals surface area contributed by atoms with Crippen LogP contribution in [0.15, 0.2) is 78.9 Å². The number of hydrogen-bond acceptors (Lipinski definition) is 5. The number of nitrogens with zero attached hydrogens (tertiary/aromatic N) is 1. The molecule has 0 bridgehead atoms. The Hall–Kier alpha value is -5.04. The van der Waals surface area contributed by atoms with Gasteiger partial charge in [-0.2, -0.15) is 0 Å². The summed E-state index contributed by atoms with van der Waals surface area (Å²) in [7, 11) is 0. The van der Waals surface area contributed by atoms with Gasteiger partial charge in [0, 0.05) is 10.8 Å². The van der Waals surface area contributed by atoms with Gasteiger partial charge in [-0.3, -0.25) is 4.79 Å². The molecule has 4 aromatic carbocycles. The number of carbonyl (C=O) groups is 3. The molecule has 0 unspecified atom stereocenters. The van der Waals surface area contributed by atoms with E-state index in [1.54, 1.807) is 18.2 Å². The number of carbonyl (C=O) groups excluding carboxylic acids is 1. The van der Waals surface area contributed by atoms with Crippen LogP contribution in [0.5, 0.6) is 5.75 Å². The average molecular weight is 477 g/mol. The summed E-state index contributed by atoms with van der Waals surface area (Å²) in [6, 6.07) is 23.0. The zero-order valence-corrected chi connectivity index (χ0v) is 19.1. The second-order valence-electron chi connectivity index (χ2n) is 8.46. The van der Waals surface area contributed by atoms with Crippen LogP contribution in [-0.4, -0.2) is 33.6 Å². The minimum absolute atomic E-state index is 0.000515. The molecule has 7 nitrogen and oxygen atoms in total. The lowest BCUT2D eigenvalue weighted by Crippen LogP contribution is -1.99. The van der Waals surface area contributed by atoms with Gasteiger partial charge in [-0.15, -0.1) is 0 Å². The van der Waals surface area contributed by atoms with E-state index in [1.165, 1.54) is 12.1 Å². The van der Waals surface area contributed by atoms with Gasteiger partial charge in [0.05, 0.1) is 22.2 Å². The van der Waals surface area contributed by atoms with Crippen LogP contribution in [0.25, 0.3) is 44.1 Å². The molecular weight excluding hydrogens is 458 g/mol. The zero-order chi connectivity index (χ0) is 25.4. The van der Waals surface area contributed by atoms with Crippen molar-refractivity contribution in [2.24, 2.45) is 0 Å². The first-order valence-corrected chi connectivity index (χ1v) is 11.0. The number of carboxylic acid groups (broad SMARTS) is 2. The molecule has 5 aromatic rings. The van der Waals surface area contributed by atoms with Crippen molar-refractivity contribution in [3.63, 3.8) is 0 Å². The van der Waals surface area contributed by atoms with E-state index in [4.69, 9.17) is 9.72 Å². The minimum Gasteiger partial charge on any atom is -0.478 e. The monoisotopic (exact) mass is 477 g/mol. The van der Waals surface area contributed by atoms with Crippen molar-refractivity contribution in [2.75, 3.05) is 0 Å². The third-order valence-electron chi connectivity index (χ3n) is 5.94. The van der Waals surface area contributed by atoms with Crippen molar-refractivity contribution < 1.29 is 29.3 Å². The Morgan fingerprint density at radius 1 is 0.694 bits per heavy atom. The molecule has 0 radical (unpaired) electrons. The highest BCUT2D eigenvalue weighted by Crippen LogP contribution is 2.31. The van der Waals surface area contributed by atoms with Crippen LogP contribution in [0.2, 0.25) is 0 Å². The molecular formula is C29H19NO6. The quantitative estimate of drug-likeness (QED) is 0.229. The largest absolute Gasteiger partial charge is 0.478 e. The Morgan fingerprint density at radius 2 is 1.25 bits per heavy atom. The number of fused-ring (bicyclic) bond motifs is 2. The number of carboxylic acids is 2. The molecule has 7 heteroatoms. The first-order chi connectivity index (χ1) is 17.3. The Bertz CT molecular complexity index is 1710. The first-order valence-electron chi connectivity index (χ1n) is 11.0. The van der Waals surface area contributed by atoms with Crippen LogP contribution in [0.1, 0.15) is 26.3 Å². The number of aromatic nitrogens is 1. The molecule has 0 spiro atoms. The Balaban J connectivity index is 1.62. The summed E-state index contributed by atoms with van der Waals surface area (Å²) >= 11 is 0. The molecule has 0 atom stereocenters. The van der Waals surface area contributed by atoms with Crippen LogP contribution in [0.3, 0.4) is 0 Å². The van der Waals surface area contributed by atoms with Gasteiger partial charge in [0.1, 0.15) is 5.75 Å². The number of ether oxygens (including phenoxy) is 1. The highest BCUT2D eigenvalue weighted by molar-refractivity contribution is 5.97. The van der Waals surface area contributed by atoms with E-state index in [1.807, 2.05) is 55.5 Å². The van der Waals surface area contributed by atoms with Crippen molar-refractivity contribution in [1.82, 2.24) is 4.98 Å². The van der Waals surface area contributed by atoms with E-state index < -0.39 is 11.9 Å². The molecule has 1 aromatic heterocycles. The van der Waals surface area contributed by atoms with E-state index in [2.05, 4.69) is 0 Å². The van der Waals surface area contributed by atoms with E-state index in [0.29, 0.717) is 16.6 Å². The Labute approximate surface area is 205 Å². The number of hydrogen-bond donors (Lipinski definition) is 2. The molecule has 5 rings (SSSR count). The minimum atomic E-state index is -1.13. The molecule has 0 amide bonds. The van der Waals surface area contributed by atoms with Crippen LogP contribution in [0, 0.1) is 6.92 Å². The fourth-order valence-electron chi connectivity index (χ4n) is 4.27. The lowest BCUT2D eigenvalue weighted by molar-refractivity contribution is -0.120. The van der Waals surface area contributed by atoms with Crippen molar-refractivity contribution >= 4 is 40.2 Å². The molecule has 0 aliphatic rings. The predicted molar refractivity (Wildman–Crippen MR) is 135 cm³/mol. The maximum atomic E-state index is 11.5. The highest BCUT2D eigenvalue weighted by Gasteiger charge is 2.12. The predicted octanol–water partition coefficient (Wildman–Crippen LogP) is 5.96. The molecule has 0 saturated carbocycles. The van der Waals surface area contributed by atoms with E-state index in [-0.39, 0.29) is 23.3 Å². The fraction of sp³-hybridized carbons (Fsp3) is 0.0345. The summed E-state index contributed by atoms with van der Waals surface area (Å²) in [4.78, 5) is 38.6. The number of rotatable bonds is 6. The summed E-state index contributed by atoms with van der Waals surface area (Å²) < 4.78 is 4.89. The molecule has 36 heavy (non-hydrogen) atoms. The van der Waals surface area contributed by atoms with Crippen LogP contribution >= 0.6 is 0 Å². The number of aryl methyl sites for hydroxylation is 1. The van der Waals surface area contributed by atoms with Crippen LogP contribution in [-0.2, 0) is 4.79 Å². The standard InChI is InChI=1S/C29H19NO6/c1-16-6-21(9-23(7-16)28(32)33)17-2-4-19-8-20-5-3-18(14-27(20)30-26(19)13-17)22-10-24(29(34)35)12-25(11-22)36-15-31/h2-15H,1H3,(H,32,33)(H,34,35). The molecule has 0 saturated heterocycles. The van der Waals surface area contributed by atoms with Crippen molar-refractivity contribution in [2.45, 2.75) is 6.92 Å². The number of benzene rings is 4. The van der Waals surface area contributed by atoms with E-state index >= 15 is 0 Å². The SMILES string of the molecule is Cc1cc(C(=O)O)cc(-c2ccc3cc4ccc(-c5cc(OC=O)cc(C(=O)O)c5)cc4nc3c2)c1. The van der Waals surface area contributed by atoms with Crippen molar-refractivity contribution in [3.05, 3.63) is 95.6 Å². The molecule has 1 heterocycles. The summed E-state index contributed by atoms with van der Waals surface area (Å²) in [6.07, 6.45) is 0. The fourth-order valence-corrected chi connectivity index (χ4v) is 4.27. The number of aromatic carboxylic acids is 2. The molecule has 2 N–H and O–H groups in total. The normalized spacial score (nSPS) is 10.9. The van der Waals surface area contributed by atoms with Gasteiger partial charge >= 0.3 is 11.9 Å². The van der Waals surface area contributed by atoms with Gasteiger partial charge in [-0.25, -0.2) is 14.6 Å². The van der Waals surface area contributed by atoms with Crippen LogP contribution in [0.4, 0.5) is 0 Å². The molecule has 0 aliphatic heterocycles.